The van der Waals surface area contributed by atoms with E-state index in [2.05, 4.69) is 27.4 Å². The van der Waals surface area contributed by atoms with Crippen LogP contribution in [-0.2, 0) is 9.53 Å². The van der Waals surface area contributed by atoms with E-state index in [1.165, 1.54) is 18.3 Å². The molecular weight excluding hydrogens is 320 g/mol. The minimum atomic E-state index is -0.995. The lowest BCUT2D eigenvalue weighted by atomic mass is 10.3. The highest BCUT2D eigenvalue weighted by Gasteiger charge is 2.21. The van der Waals surface area contributed by atoms with Gasteiger partial charge in [-0.25, -0.2) is 9.78 Å². The van der Waals surface area contributed by atoms with Crippen molar-refractivity contribution in [1.29, 1.82) is 0 Å². The van der Waals surface area contributed by atoms with E-state index in [0.29, 0.717) is 17.4 Å². The lowest BCUT2D eigenvalue weighted by Gasteiger charge is -2.11. The van der Waals surface area contributed by atoms with Crippen LogP contribution in [0.25, 0.3) is 0 Å². The number of anilines is 2. The quantitative estimate of drug-likeness (QED) is 0.590. The monoisotopic (exact) mass is 336 g/mol. The Morgan fingerprint density at radius 2 is 2.35 bits per heavy atom. The summed E-state index contributed by atoms with van der Waals surface area (Å²) in [4.78, 5) is 28.0. The number of thiazole rings is 1. The molecule has 0 bridgehead atoms. The van der Waals surface area contributed by atoms with E-state index in [4.69, 9.17) is 9.26 Å². The number of carbonyl (C=O) groups excluding carboxylic acids is 2. The Labute approximate surface area is 136 Å². The zero-order valence-corrected chi connectivity index (χ0v) is 13.5. The van der Waals surface area contributed by atoms with E-state index in [-0.39, 0.29) is 11.5 Å². The van der Waals surface area contributed by atoms with Crippen LogP contribution in [0.1, 0.15) is 23.2 Å². The number of amides is 1. The Morgan fingerprint density at radius 3 is 3.00 bits per heavy atom. The molecule has 1 amide bonds. The Kier molecular flexibility index (Phi) is 5.47. The van der Waals surface area contributed by atoms with Gasteiger partial charge >= 0.3 is 5.97 Å². The van der Waals surface area contributed by atoms with Crippen LogP contribution in [0.5, 0.6) is 0 Å². The average molecular weight is 336 g/mol. The number of ether oxygens (including phenoxy) is 1. The largest absolute Gasteiger partial charge is 0.448 e. The molecule has 0 spiro atoms. The molecule has 2 aromatic rings. The van der Waals surface area contributed by atoms with Crippen molar-refractivity contribution in [2.75, 3.05) is 17.2 Å². The summed E-state index contributed by atoms with van der Waals surface area (Å²) in [6, 6.07) is 1.56. The lowest BCUT2D eigenvalue weighted by molar-refractivity contribution is -0.123. The molecule has 2 aromatic heterocycles. The van der Waals surface area contributed by atoms with E-state index in [0.717, 1.165) is 0 Å². The minimum absolute atomic E-state index is 0.137. The standard InChI is InChI=1S/C14H16N4O4S/c1-4-5-15-14-16-10(7-23-14)13(20)21-9(3)12(19)17-11-6-8(2)22-18-11/h4,6-7,9H,1,5H2,2-3H3,(H,15,16)(H,17,18,19)/t9-/m0/s1. The average Bonchev–Trinajstić information content (AvgIpc) is 3.14. The van der Waals surface area contributed by atoms with E-state index in [9.17, 15) is 9.59 Å². The molecule has 2 rings (SSSR count). The summed E-state index contributed by atoms with van der Waals surface area (Å²) >= 11 is 1.26. The highest BCUT2D eigenvalue weighted by molar-refractivity contribution is 7.13. The van der Waals surface area contributed by atoms with Gasteiger partial charge in [-0.15, -0.1) is 17.9 Å². The maximum absolute atomic E-state index is 12.0. The highest BCUT2D eigenvalue weighted by atomic mass is 32.1. The summed E-state index contributed by atoms with van der Waals surface area (Å²) in [5, 5.41) is 11.2. The first-order valence-corrected chi connectivity index (χ1v) is 7.63. The summed E-state index contributed by atoms with van der Waals surface area (Å²) in [5.41, 5.74) is 0.137. The number of nitrogens with one attached hydrogen (secondary N) is 2. The van der Waals surface area contributed by atoms with Gasteiger partial charge in [-0.05, 0) is 13.8 Å². The normalized spacial score (nSPS) is 11.6. The fourth-order valence-corrected chi connectivity index (χ4v) is 2.23. The fourth-order valence-electron chi connectivity index (χ4n) is 1.54. The first kappa shape index (κ1) is 16.7. The summed E-state index contributed by atoms with van der Waals surface area (Å²) in [6.45, 7) is 7.28. The lowest BCUT2D eigenvalue weighted by Crippen LogP contribution is -2.30. The van der Waals surface area contributed by atoms with Crippen LogP contribution in [0.15, 0.2) is 28.6 Å². The van der Waals surface area contributed by atoms with Crippen molar-refractivity contribution < 1.29 is 18.8 Å². The fraction of sp³-hybridized carbons (Fsp3) is 0.286. The van der Waals surface area contributed by atoms with Gasteiger partial charge in [0.25, 0.3) is 5.91 Å². The molecule has 0 saturated carbocycles. The Morgan fingerprint density at radius 1 is 1.57 bits per heavy atom. The summed E-state index contributed by atoms with van der Waals surface area (Å²) in [5.74, 6) is -0.356. The van der Waals surface area contributed by atoms with Crippen molar-refractivity contribution >= 4 is 34.2 Å². The van der Waals surface area contributed by atoms with Gasteiger partial charge in [0.2, 0.25) is 0 Å². The molecule has 0 fully saturated rings. The maximum atomic E-state index is 12.0. The molecule has 1 atom stereocenters. The summed E-state index contributed by atoms with van der Waals surface area (Å²) < 4.78 is 9.92. The van der Waals surface area contributed by atoms with Crippen LogP contribution in [-0.4, -0.2) is 34.7 Å². The number of carbonyl (C=O) groups is 2. The Balaban J connectivity index is 1.89. The molecule has 0 saturated heterocycles. The molecule has 23 heavy (non-hydrogen) atoms. The number of nitrogens with zero attached hydrogens (tertiary/aromatic N) is 2. The molecule has 0 radical (unpaired) electrons. The molecule has 0 aliphatic rings. The third kappa shape index (κ3) is 4.65. The van der Waals surface area contributed by atoms with Crippen molar-refractivity contribution in [3.8, 4) is 0 Å². The van der Waals surface area contributed by atoms with Crippen LogP contribution >= 0.6 is 11.3 Å². The van der Waals surface area contributed by atoms with Gasteiger partial charge in [0.05, 0.1) is 0 Å². The minimum Gasteiger partial charge on any atom is -0.448 e. The van der Waals surface area contributed by atoms with E-state index in [1.807, 2.05) is 0 Å². The van der Waals surface area contributed by atoms with Crippen molar-refractivity contribution in [3.63, 3.8) is 0 Å². The zero-order valence-electron chi connectivity index (χ0n) is 12.7. The Hall–Kier alpha value is -2.68. The first-order chi connectivity index (χ1) is 11.0. The molecule has 2 heterocycles. The molecule has 0 aliphatic carbocycles. The van der Waals surface area contributed by atoms with Gasteiger partial charge in [-0.3, -0.25) is 4.79 Å². The molecule has 0 unspecified atom stereocenters. The SMILES string of the molecule is C=CCNc1nc(C(=O)O[C@@H](C)C(=O)Nc2cc(C)on2)cs1. The highest BCUT2D eigenvalue weighted by Crippen LogP contribution is 2.16. The smallest absolute Gasteiger partial charge is 0.358 e. The van der Waals surface area contributed by atoms with Gasteiger partial charge in [0.1, 0.15) is 5.76 Å². The van der Waals surface area contributed by atoms with Crippen LogP contribution in [0.4, 0.5) is 10.9 Å². The second-order valence-electron chi connectivity index (χ2n) is 4.57. The van der Waals surface area contributed by atoms with Crippen LogP contribution in [0, 0.1) is 6.92 Å². The second-order valence-corrected chi connectivity index (χ2v) is 5.43. The Bertz CT molecular complexity index is 709. The van der Waals surface area contributed by atoms with Crippen LogP contribution in [0.3, 0.4) is 0 Å². The van der Waals surface area contributed by atoms with Gasteiger partial charge in [0.15, 0.2) is 22.7 Å². The topological polar surface area (TPSA) is 106 Å². The number of aryl methyl sites for hydroxylation is 1. The van der Waals surface area contributed by atoms with Crippen molar-refractivity contribution in [1.82, 2.24) is 10.1 Å². The predicted octanol–water partition coefficient (Wildman–Crippen LogP) is 2.22. The summed E-state index contributed by atoms with van der Waals surface area (Å²) in [6.07, 6.45) is 0.683. The van der Waals surface area contributed by atoms with Crippen molar-refractivity contribution in [3.05, 3.63) is 35.6 Å². The van der Waals surface area contributed by atoms with Gasteiger partial charge < -0.3 is 19.9 Å². The third-order valence-electron chi connectivity index (χ3n) is 2.64. The van der Waals surface area contributed by atoms with E-state index < -0.39 is 18.0 Å². The van der Waals surface area contributed by atoms with Crippen molar-refractivity contribution in [2.45, 2.75) is 20.0 Å². The molecule has 0 aromatic carbocycles. The number of aromatic nitrogens is 2. The number of esters is 1. The van der Waals surface area contributed by atoms with Crippen LogP contribution < -0.4 is 10.6 Å². The van der Waals surface area contributed by atoms with Gasteiger partial charge in [0, 0.05) is 18.0 Å². The predicted molar refractivity (Wildman–Crippen MR) is 85.5 cm³/mol. The van der Waals surface area contributed by atoms with Crippen LogP contribution in [0.2, 0.25) is 0 Å². The number of hydrogen-bond donors (Lipinski definition) is 2. The van der Waals surface area contributed by atoms with Gasteiger partial charge in [-0.2, -0.15) is 0 Å². The van der Waals surface area contributed by atoms with Gasteiger partial charge in [-0.1, -0.05) is 11.2 Å². The molecule has 2 N–H and O–H groups in total. The number of hydrogen-bond acceptors (Lipinski definition) is 8. The van der Waals surface area contributed by atoms with Crippen molar-refractivity contribution in [2.24, 2.45) is 0 Å². The summed E-state index contributed by atoms with van der Waals surface area (Å²) in [7, 11) is 0. The maximum Gasteiger partial charge on any atom is 0.358 e. The number of rotatable bonds is 7. The molecule has 122 valence electrons. The molecular formula is C14H16N4O4S. The molecule has 0 aliphatic heterocycles. The van der Waals surface area contributed by atoms with E-state index in [1.54, 1.807) is 24.4 Å². The molecule has 8 nitrogen and oxygen atoms in total. The first-order valence-electron chi connectivity index (χ1n) is 6.75. The zero-order chi connectivity index (χ0) is 16.8. The van der Waals surface area contributed by atoms with E-state index >= 15 is 0 Å². The second kappa shape index (κ2) is 7.54. The molecule has 9 heteroatoms. The third-order valence-corrected chi connectivity index (χ3v) is 3.44.